The predicted molar refractivity (Wildman–Crippen MR) is 101 cm³/mol. The standard InChI is InChI=1S/C19H29F3N4O/c1-4-23-18(25-12-17(26(2)3)15-7-8-15)24-11-14-5-9-16(10-6-14)27-13-19(20,21)22/h5-6,9-10,15,17H,4,7-8,11-13H2,1-3H3,(H2,23,24,25). The average molecular weight is 386 g/mol. The normalized spacial score (nSPS) is 16.3. The zero-order valence-corrected chi connectivity index (χ0v) is 16.1. The van der Waals surface area contributed by atoms with Crippen LogP contribution in [-0.2, 0) is 6.54 Å². The Hall–Kier alpha value is -1.96. The van der Waals surface area contributed by atoms with Gasteiger partial charge in [-0.25, -0.2) is 4.99 Å². The van der Waals surface area contributed by atoms with E-state index in [2.05, 4.69) is 34.6 Å². The van der Waals surface area contributed by atoms with E-state index < -0.39 is 12.8 Å². The van der Waals surface area contributed by atoms with Crippen molar-refractivity contribution in [1.82, 2.24) is 15.5 Å². The SMILES string of the molecule is CCNC(=NCc1ccc(OCC(F)(F)F)cc1)NCC(C1CC1)N(C)C. The minimum absolute atomic E-state index is 0.198. The molecule has 0 amide bonds. The highest BCUT2D eigenvalue weighted by molar-refractivity contribution is 5.79. The molecule has 1 aliphatic carbocycles. The first-order valence-electron chi connectivity index (χ1n) is 9.25. The Morgan fingerprint density at radius 1 is 1.22 bits per heavy atom. The second-order valence-electron chi connectivity index (χ2n) is 6.99. The Morgan fingerprint density at radius 2 is 1.89 bits per heavy atom. The van der Waals surface area contributed by atoms with Gasteiger partial charge < -0.3 is 20.3 Å². The molecule has 1 aromatic rings. The highest BCUT2D eigenvalue weighted by Gasteiger charge is 2.32. The molecular formula is C19H29F3N4O. The van der Waals surface area contributed by atoms with Crippen molar-refractivity contribution in [2.45, 2.75) is 38.5 Å². The summed E-state index contributed by atoms with van der Waals surface area (Å²) in [5.74, 6) is 1.69. The minimum Gasteiger partial charge on any atom is -0.484 e. The average Bonchev–Trinajstić information content (AvgIpc) is 3.43. The fourth-order valence-electron chi connectivity index (χ4n) is 2.82. The lowest BCUT2D eigenvalue weighted by Gasteiger charge is -2.25. The van der Waals surface area contributed by atoms with E-state index in [0.29, 0.717) is 12.6 Å². The molecule has 0 heterocycles. The van der Waals surface area contributed by atoms with Gasteiger partial charge in [-0.15, -0.1) is 0 Å². The van der Waals surface area contributed by atoms with Crippen molar-refractivity contribution in [2.75, 3.05) is 33.8 Å². The van der Waals surface area contributed by atoms with E-state index in [1.807, 2.05) is 6.92 Å². The Balaban J connectivity index is 1.87. The van der Waals surface area contributed by atoms with Crippen LogP contribution in [-0.4, -0.2) is 56.9 Å². The summed E-state index contributed by atoms with van der Waals surface area (Å²) in [4.78, 5) is 6.81. The molecule has 1 saturated carbocycles. The van der Waals surface area contributed by atoms with Crippen LogP contribution in [0.25, 0.3) is 0 Å². The molecule has 1 atom stereocenters. The Labute approximate surface area is 159 Å². The Kier molecular flexibility index (Phi) is 7.77. The van der Waals surface area contributed by atoms with Gasteiger partial charge in [-0.05, 0) is 57.5 Å². The van der Waals surface area contributed by atoms with Crippen molar-refractivity contribution < 1.29 is 17.9 Å². The smallest absolute Gasteiger partial charge is 0.422 e. The first-order chi connectivity index (χ1) is 12.8. The number of hydrogen-bond acceptors (Lipinski definition) is 3. The van der Waals surface area contributed by atoms with Gasteiger partial charge in [0.2, 0.25) is 0 Å². The van der Waals surface area contributed by atoms with Gasteiger partial charge in [0.25, 0.3) is 0 Å². The Bertz CT molecular complexity index is 596. The summed E-state index contributed by atoms with van der Waals surface area (Å²) in [6, 6.07) is 7.01. The van der Waals surface area contributed by atoms with Crippen molar-refractivity contribution in [3.8, 4) is 5.75 Å². The number of hydrogen-bond donors (Lipinski definition) is 2. The lowest BCUT2D eigenvalue weighted by Crippen LogP contribution is -2.46. The van der Waals surface area contributed by atoms with E-state index in [4.69, 9.17) is 4.74 Å². The van der Waals surface area contributed by atoms with E-state index in [9.17, 15) is 13.2 Å². The molecule has 0 aliphatic heterocycles. The van der Waals surface area contributed by atoms with Crippen LogP contribution in [0.1, 0.15) is 25.3 Å². The highest BCUT2D eigenvalue weighted by Crippen LogP contribution is 2.34. The molecule has 0 bridgehead atoms. The third-order valence-corrected chi connectivity index (χ3v) is 4.40. The van der Waals surface area contributed by atoms with Gasteiger partial charge in [0.05, 0.1) is 6.54 Å². The summed E-state index contributed by atoms with van der Waals surface area (Å²) in [5, 5.41) is 6.61. The van der Waals surface area contributed by atoms with Crippen molar-refractivity contribution >= 4 is 5.96 Å². The van der Waals surface area contributed by atoms with Crippen LogP contribution >= 0.6 is 0 Å². The molecule has 152 valence electrons. The maximum atomic E-state index is 12.2. The van der Waals surface area contributed by atoms with E-state index in [1.54, 1.807) is 12.1 Å². The summed E-state index contributed by atoms with van der Waals surface area (Å²) in [5.41, 5.74) is 0.901. The molecule has 0 spiro atoms. The summed E-state index contributed by atoms with van der Waals surface area (Å²) >= 11 is 0. The molecule has 8 heteroatoms. The van der Waals surface area contributed by atoms with Gasteiger partial charge in [0.1, 0.15) is 5.75 Å². The molecule has 5 nitrogen and oxygen atoms in total. The summed E-state index contributed by atoms with van der Waals surface area (Å²) in [6.45, 7) is 2.74. The molecule has 1 fully saturated rings. The van der Waals surface area contributed by atoms with Crippen molar-refractivity contribution in [3.05, 3.63) is 29.8 Å². The number of nitrogens with one attached hydrogen (secondary N) is 2. The van der Waals surface area contributed by atoms with Crippen LogP contribution in [0.3, 0.4) is 0 Å². The predicted octanol–water partition coefficient (Wildman–Crippen LogP) is 3.02. The van der Waals surface area contributed by atoms with Gasteiger partial charge in [0.15, 0.2) is 12.6 Å². The summed E-state index contributed by atoms with van der Waals surface area (Å²) in [7, 11) is 4.19. The number of guanidine groups is 1. The molecule has 0 aromatic heterocycles. The molecule has 0 radical (unpaired) electrons. The Morgan fingerprint density at radius 3 is 2.41 bits per heavy atom. The molecule has 27 heavy (non-hydrogen) atoms. The number of benzene rings is 1. The number of likely N-dealkylation sites (N-methyl/N-ethyl adjacent to an activating group) is 1. The largest absolute Gasteiger partial charge is 0.484 e. The molecule has 2 N–H and O–H groups in total. The van der Waals surface area contributed by atoms with Gasteiger partial charge in [0, 0.05) is 19.1 Å². The summed E-state index contributed by atoms with van der Waals surface area (Å²) in [6.07, 6.45) is -1.78. The molecule has 1 unspecified atom stereocenters. The molecule has 1 aromatic carbocycles. The van der Waals surface area contributed by atoms with E-state index in [1.165, 1.54) is 25.0 Å². The highest BCUT2D eigenvalue weighted by atomic mass is 19.4. The second kappa shape index (κ2) is 9.82. The van der Waals surface area contributed by atoms with Crippen LogP contribution in [0, 0.1) is 5.92 Å². The molecule has 0 saturated heterocycles. The number of nitrogens with zero attached hydrogens (tertiary/aromatic N) is 2. The van der Waals surface area contributed by atoms with Gasteiger partial charge in [-0.1, -0.05) is 12.1 Å². The first kappa shape index (κ1) is 21.3. The lowest BCUT2D eigenvalue weighted by atomic mass is 10.1. The fourth-order valence-corrected chi connectivity index (χ4v) is 2.82. The monoisotopic (exact) mass is 386 g/mol. The van der Waals surface area contributed by atoms with Gasteiger partial charge >= 0.3 is 6.18 Å². The number of ether oxygens (including phenoxy) is 1. The zero-order chi connectivity index (χ0) is 19.9. The first-order valence-corrected chi connectivity index (χ1v) is 9.25. The summed E-state index contributed by atoms with van der Waals surface area (Å²) < 4.78 is 41.2. The third kappa shape index (κ3) is 8.07. The van der Waals surface area contributed by atoms with Crippen molar-refractivity contribution in [3.63, 3.8) is 0 Å². The third-order valence-electron chi connectivity index (χ3n) is 4.40. The van der Waals surface area contributed by atoms with Crippen molar-refractivity contribution in [2.24, 2.45) is 10.9 Å². The molecule has 1 aliphatic rings. The van der Waals surface area contributed by atoms with E-state index >= 15 is 0 Å². The quantitative estimate of drug-likeness (QED) is 0.506. The van der Waals surface area contributed by atoms with Crippen LogP contribution < -0.4 is 15.4 Å². The maximum Gasteiger partial charge on any atom is 0.422 e. The van der Waals surface area contributed by atoms with Crippen LogP contribution in [0.5, 0.6) is 5.75 Å². The van der Waals surface area contributed by atoms with E-state index in [0.717, 1.165) is 30.5 Å². The van der Waals surface area contributed by atoms with Crippen LogP contribution in [0.2, 0.25) is 0 Å². The van der Waals surface area contributed by atoms with Gasteiger partial charge in [-0.3, -0.25) is 0 Å². The number of rotatable bonds is 9. The number of halogens is 3. The molecular weight excluding hydrogens is 357 g/mol. The van der Waals surface area contributed by atoms with Crippen LogP contribution in [0.4, 0.5) is 13.2 Å². The minimum atomic E-state index is -4.33. The van der Waals surface area contributed by atoms with Gasteiger partial charge in [-0.2, -0.15) is 13.2 Å². The maximum absolute atomic E-state index is 12.2. The van der Waals surface area contributed by atoms with Crippen molar-refractivity contribution in [1.29, 1.82) is 0 Å². The zero-order valence-electron chi connectivity index (χ0n) is 16.1. The molecule has 2 rings (SSSR count). The fraction of sp³-hybridized carbons (Fsp3) is 0.632. The lowest BCUT2D eigenvalue weighted by molar-refractivity contribution is -0.153. The number of alkyl halides is 3. The van der Waals surface area contributed by atoms with Crippen LogP contribution in [0.15, 0.2) is 29.3 Å². The number of aliphatic imine (C=N–C) groups is 1. The van der Waals surface area contributed by atoms with E-state index in [-0.39, 0.29) is 5.75 Å². The second-order valence-corrected chi connectivity index (χ2v) is 6.99. The topological polar surface area (TPSA) is 48.9 Å².